The van der Waals surface area contributed by atoms with Gasteiger partial charge in [0.05, 0.1) is 13.7 Å². The molecule has 2 nitrogen and oxygen atoms in total. The number of halogens is 1. The topological polar surface area (TPSA) is 18.5 Å². The molecule has 1 aromatic carbocycles. The summed E-state index contributed by atoms with van der Waals surface area (Å²) in [4.78, 5) is 0. The van der Waals surface area contributed by atoms with Gasteiger partial charge in [0.15, 0.2) is 11.5 Å². The third kappa shape index (κ3) is 4.08. The fourth-order valence-corrected chi connectivity index (χ4v) is 1.86. The van der Waals surface area contributed by atoms with E-state index in [1.54, 1.807) is 7.11 Å². The minimum atomic E-state index is 0.0714. The van der Waals surface area contributed by atoms with E-state index in [1.165, 1.54) is 0 Å². The molecule has 0 saturated heterocycles. The summed E-state index contributed by atoms with van der Waals surface area (Å²) in [5.74, 6) is 1.56. The number of allylic oxidation sites excluding steroid dienone is 1. The van der Waals surface area contributed by atoms with Crippen LogP contribution in [-0.2, 0) is 0 Å². The van der Waals surface area contributed by atoms with Gasteiger partial charge in [-0.05, 0) is 24.0 Å². The number of alkyl halides is 1. The van der Waals surface area contributed by atoms with E-state index < -0.39 is 0 Å². The van der Waals surface area contributed by atoms with Gasteiger partial charge in [0.2, 0.25) is 0 Å². The molecule has 0 heterocycles. The third-order valence-corrected chi connectivity index (χ3v) is 4.08. The summed E-state index contributed by atoms with van der Waals surface area (Å²) in [7, 11) is 1.65. The van der Waals surface area contributed by atoms with Crippen molar-refractivity contribution in [1.82, 2.24) is 0 Å². The molecule has 0 amide bonds. The van der Waals surface area contributed by atoms with E-state index in [2.05, 4.69) is 29.4 Å². The Morgan fingerprint density at radius 3 is 2.53 bits per heavy atom. The predicted molar refractivity (Wildman–Crippen MR) is 75.2 cm³/mol. The minimum Gasteiger partial charge on any atom is -0.493 e. The van der Waals surface area contributed by atoms with E-state index in [1.807, 2.05) is 30.3 Å². The summed E-state index contributed by atoms with van der Waals surface area (Å²) in [5.41, 5.74) is 0.0714. The minimum absolute atomic E-state index is 0.0714. The average Bonchev–Trinajstić information content (AvgIpc) is 2.39. The van der Waals surface area contributed by atoms with Crippen LogP contribution in [-0.4, -0.2) is 19.0 Å². The Morgan fingerprint density at radius 2 is 2.00 bits per heavy atom. The molecular formula is C14H19BrO2. The number of hydrogen-bond donors (Lipinski definition) is 0. The van der Waals surface area contributed by atoms with Crippen molar-refractivity contribution in [3.63, 3.8) is 0 Å². The Kier molecular flexibility index (Phi) is 5.56. The maximum atomic E-state index is 5.73. The first-order valence-corrected chi connectivity index (χ1v) is 6.73. The number of benzene rings is 1. The van der Waals surface area contributed by atoms with Gasteiger partial charge >= 0.3 is 0 Å². The van der Waals surface area contributed by atoms with E-state index in [-0.39, 0.29) is 5.41 Å². The molecule has 3 heteroatoms. The zero-order valence-corrected chi connectivity index (χ0v) is 12.0. The normalized spacial score (nSPS) is 13.8. The molecule has 0 aliphatic carbocycles. The molecule has 1 unspecified atom stereocenters. The smallest absolute Gasteiger partial charge is 0.161 e. The summed E-state index contributed by atoms with van der Waals surface area (Å²) >= 11 is 3.50. The standard InChI is InChI=1S/C14H19BrO2/c1-4-14(2,11-15)9-10-17-13-8-6-5-7-12(13)16-3/h4-8H,1,9-11H2,2-3H3. The number of para-hydroxylation sites is 2. The molecule has 94 valence electrons. The molecule has 1 atom stereocenters. The van der Waals surface area contributed by atoms with Gasteiger partial charge in [0, 0.05) is 5.33 Å². The van der Waals surface area contributed by atoms with Gasteiger partial charge in [0.1, 0.15) is 0 Å². The van der Waals surface area contributed by atoms with E-state index >= 15 is 0 Å². The highest BCUT2D eigenvalue weighted by atomic mass is 79.9. The maximum absolute atomic E-state index is 5.73. The van der Waals surface area contributed by atoms with Crippen molar-refractivity contribution in [3.05, 3.63) is 36.9 Å². The number of ether oxygens (including phenoxy) is 2. The SMILES string of the molecule is C=CC(C)(CBr)CCOc1ccccc1OC. The molecule has 1 aromatic rings. The molecule has 0 fully saturated rings. The molecule has 0 radical (unpaired) electrons. The van der Waals surface area contributed by atoms with Gasteiger partial charge in [-0.15, -0.1) is 6.58 Å². The van der Waals surface area contributed by atoms with Crippen LogP contribution >= 0.6 is 15.9 Å². The van der Waals surface area contributed by atoms with Crippen molar-refractivity contribution in [2.75, 3.05) is 19.0 Å². The average molecular weight is 299 g/mol. The van der Waals surface area contributed by atoms with Crippen molar-refractivity contribution in [2.24, 2.45) is 5.41 Å². The zero-order chi connectivity index (χ0) is 12.7. The molecule has 0 spiro atoms. The van der Waals surface area contributed by atoms with Crippen LogP contribution in [0.2, 0.25) is 0 Å². The molecule has 0 aliphatic rings. The van der Waals surface area contributed by atoms with Crippen LogP contribution in [0.4, 0.5) is 0 Å². The fraction of sp³-hybridized carbons (Fsp3) is 0.429. The molecule has 0 aromatic heterocycles. The summed E-state index contributed by atoms with van der Waals surface area (Å²) in [5, 5.41) is 0.888. The predicted octanol–water partition coefficient (Wildman–Crippen LogP) is 4.05. The van der Waals surface area contributed by atoms with Crippen LogP contribution in [0.5, 0.6) is 11.5 Å². The van der Waals surface area contributed by atoms with Crippen LogP contribution in [0.15, 0.2) is 36.9 Å². The molecular weight excluding hydrogens is 280 g/mol. The van der Waals surface area contributed by atoms with Gasteiger partial charge in [-0.1, -0.05) is 41.1 Å². The number of hydrogen-bond acceptors (Lipinski definition) is 2. The zero-order valence-electron chi connectivity index (χ0n) is 10.4. The first-order valence-electron chi connectivity index (χ1n) is 5.60. The highest BCUT2D eigenvalue weighted by Gasteiger charge is 2.18. The Labute approximate surface area is 112 Å². The van der Waals surface area contributed by atoms with Gasteiger partial charge in [-0.3, -0.25) is 0 Å². The molecule has 17 heavy (non-hydrogen) atoms. The van der Waals surface area contributed by atoms with Gasteiger partial charge in [0.25, 0.3) is 0 Å². The first kappa shape index (κ1) is 14.1. The van der Waals surface area contributed by atoms with E-state index in [0.717, 1.165) is 23.2 Å². The van der Waals surface area contributed by atoms with Crippen molar-refractivity contribution in [3.8, 4) is 11.5 Å². The third-order valence-electron chi connectivity index (χ3n) is 2.80. The Hall–Kier alpha value is -0.960. The molecule has 0 N–H and O–H groups in total. The van der Waals surface area contributed by atoms with Gasteiger partial charge in [-0.2, -0.15) is 0 Å². The van der Waals surface area contributed by atoms with Crippen LogP contribution in [0.3, 0.4) is 0 Å². The van der Waals surface area contributed by atoms with Crippen molar-refractivity contribution in [2.45, 2.75) is 13.3 Å². The van der Waals surface area contributed by atoms with Gasteiger partial charge < -0.3 is 9.47 Å². The van der Waals surface area contributed by atoms with Gasteiger partial charge in [-0.25, -0.2) is 0 Å². The van der Waals surface area contributed by atoms with Crippen LogP contribution in [0.25, 0.3) is 0 Å². The lowest BCUT2D eigenvalue weighted by Gasteiger charge is -2.22. The van der Waals surface area contributed by atoms with E-state index in [9.17, 15) is 0 Å². The summed E-state index contributed by atoms with van der Waals surface area (Å²) < 4.78 is 11.0. The summed E-state index contributed by atoms with van der Waals surface area (Å²) in [6.45, 7) is 6.65. The van der Waals surface area contributed by atoms with Crippen molar-refractivity contribution >= 4 is 15.9 Å². The highest BCUT2D eigenvalue weighted by Crippen LogP contribution is 2.29. The summed E-state index contributed by atoms with van der Waals surface area (Å²) in [6, 6.07) is 7.68. The Bertz CT molecular complexity index is 365. The van der Waals surface area contributed by atoms with Crippen LogP contribution in [0.1, 0.15) is 13.3 Å². The van der Waals surface area contributed by atoms with E-state index in [0.29, 0.717) is 6.61 Å². The largest absolute Gasteiger partial charge is 0.493 e. The molecule has 0 bridgehead atoms. The fourth-order valence-electron chi connectivity index (χ4n) is 1.36. The second kappa shape index (κ2) is 6.70. The Morgan fingerprint density at radius 1 is 1.35 bits per heavy atom. The quantitative estimate of drug-likeness (QED) is 0.558. The lowest BCUT2D eigenvalue weighted by molar-refractivity contribution is 0.252. The number of methoxy groups -OCH3 is 1. The second-order valence-corrected chi connectivity index (χ2v) is 4.80. The molecule has 1 rings (SSSR count). The monoisotopic (exact) mass is 298 g/mol. The second-order valence-electron chi connectivity index (χ2n) is 4.24. The number of rotatable bonds is 7. The first-order chi connectivity index (χ1) is 8.15. The summed E-state index contributed by atoms with van der Waals surface area (Å²) in [6.07, 6.45) is 2.88. The lowest BCUT2D eigenvalue weighted by atomic mass is 9.90. The van der Waals surface area contributed by atoms with E-state index in [4.69, 9.17) is 9.47 Å². The molecule has 0 saturated carbocycles. The van der Waals surface area contributed by atoms with Crippen molar-refractivity contribution < 1.29 is 9.47 Å². The maximum Gasteiger partial charge on any atom is 0.161 e. The van der Waals surface area contributed by atoms with Crippen molar-refractivity contribution in [1.29, 1.82) is 0 Å². The Balaban J connectivity index is 2.53. The molecule has 0 aliphatic heterocycles. The lowest BCUT2D eigenvalue weighted by Crippen LogP contribution is -2.18. The highest BCUT2D eigenvalue weighted by molar-refractivity contribution is 9.09. The van der Waals surface area contributed by atoms with Crippen LogP contribution < -0.4 is 9.47 Å². The van der Waals surface area contributed by atoms with Crippen LogP contribution in [0, 0.1) is 5.41 Å².